The first kappa shape index (κ1) is 12.2. The summed E-state index contributed by atoms with van der Waals surface area (Å²) in [5, 5.41) is 1.47. The summed E-state index contributed by atoms with van der Waals surface area (Å²) in [4.78, 5) is 19.6. The monoisotopic (exact) mass is 274 g/mol. The zero-order valence-electron chi connectivity index (χ0n) is 11.3. The van der Waals surface area contributed by atoms with Crippen LogP contribution in [0.4, 0.5) is 4.79 Å². The molecule has 20 heavy (non-hydrogen) atoms. The molecule has 0 bridgehead atoms. The van der Waals surface area contributed by atoms with Crippen molar-refractivity contribution < 1.29 is 14.4 Å². The Balaban J connectivity index is 1.35. The van der Waals surface area contributed by atoms with Crippen LogP contribution in [-0.2, 0) is 9.57 Å². The Morgan fingerprint density at radius 3 is 2.55 bits per heavy atom. The number of hydrogen-bond acceptors (Lipinski definition) is 3. The van der Waals surface area contributed by atoms with E-state index in [2.05, 4.69) is 0 Å². The maximum Gasteiger partial charge on any atom is 0.346 e. The number of rotatable bonds is 1. The Labute approximate surface area is 118 Å². The summed E-state index contributed by atoms with van der Waals surface area (Å²) in [5.74, 6) is 0. The highest BCUT2D eigenvalue weighted by Crippen LogP contribution is 2.44. The van der Waals surface area contributed by atoms with E-state index in [1.807, 2.05) is 35.2 Å². The lowest BCUT2D eigenvalue weighted by Crippen LogP contribution is -2.61. The highest BCUT2D eigenvalue weighted by molar-refractivity contribution is 5.76. The van der Waals surface area contributed by atoms with Crippen molar-refractivity contribution >= 4 is 6.03 Å². The van der Waals surface area contributed by atoms with Crippen molar-refractivity contribution in [2.75, 3.05) is 26.3 Å². The molecule has 0 saturated carbocycles. The van der Waals surface area contributed by atoms with E-state index in [4.69, 9.17) is 9.57 Å². The van der Waals surface area contributed by atoms with Gasteiger partial charge in [0.05, 0.1) is 0 Å². The molecule has 106 valence electrons. The molecule has 2 amide bonds. The lowest BCUT2D eigenvalue weighted by atomic mass is 9.73. The predicted molar refractivity (Wildman–Crippen MR) is 71.6 cm³/mol. The molecular weight excluding hydrogens is 256 g/mol. The zero-order chi connectivity index (χ0) is 13.6. The number of carbonyl (C=O) groups is 1. The number of likely N-dealkylation sites (tertiary alicyclic amines) is 1. The molecule has 3 fully saturated rings. The van der Waals surface area contributed by atoms with Crippen molar-refractivity contribution in [3.63, 3.8) is 0 Å². The van der Waals surface area contributed by atoms with E-state index >= 15 is 0 Å². The van der Waals surface area contributed by atoms with Crippen LogP contribution in [0, 0.1) is 5.41 Å². The first-order valence-electron chi connectivity index (χ1n) is 7.15. The normalized spacial score (nSPS) is 27.3. The number of benzene rings is 1. The summed E-state index contributed by atoms with van der Waals surface area (Å²) < 4.78 is 5.39. The van der Waals surface area contributed by atoms with E-state index in [1.54, 1.807) is 0 Å². The molecule has 0 radical (unpaired) electrons. The molecule has 1 spiro atoms. The third-order valence-corrected chi connectivity index (χ3v) is 4.53. The van der Waals surface area contributed by atoms with E-state index in [0.717, 1.165) is 44.7 Å². The van der Waals surface area contributed by atoms with Crippen LogP contribution in [-0.4, -0.2) is 42.3 Å². The molecule has 3 saturated heterocycles. The fraction of sp³-hybridized carbons (Fsp3) is 0.533. The molecule has 4 rings (SSSR count). The summed E-state index contributed by atoms with van der Waals surface area (Å²) in [6.45, 7) is 3.34. The Kier molecular flexibility index (Phi) is 2.72. The Bertz CT molecular complexity index is 505. The molecule has 5 nitrogen and oxygen atoms in total. The number of amides is 2. The molecule has 5 heteroatoms. The molecule has 3 aliphatic heterocycles. The zero-order valence-corrected chi connectivity index (χ0v) is 11.3. The Hall–Kier alpha value is -1.59. The first-order chi connectivity index (χ1) is 9.77. The van der Waals surface area contributed by atoms with Crippen LogP contribution >= 0.6 is 0 Å². The lowest BCUT2D eigenvalue weighted by Gasteiger charge is -2.51. The lowest BCUT2D eigenvalue weighted by molar-refractivity contribution is -0.0668. The van der Waals surface area contributed by atoms with Gasteiger partial charge in [0.2, 0.25) is 6.23 Å². The van der Waals surface area contributed by atoms with Crippen LogP contribution in [0.15, 0.2) is 30.3 Å². The van der Waals surface area contributed by atoms with Crippen molar-refractivity contribution in [1.29, 1.82) is 0 Å². The first-order valence-corrected chi connectivity index (χ1v) is 7.15. The second-order valence-corrected chi connectivity index (χ2v) is 5.95. The third kappa shape index (κ3) is 1.98. The largest absolute Gasteiger partial charge is 0.381 e. The number of urea groups is 1. The fourth-order valence-electron chi connectivity index (χ4n) is 3.20. The smallest absolute Gasteiger partial charge is 0.346 e. The predicted octanol–water partition coefficient (Wildman–Crippen LogP) is 2.16. The van der Waals surface area contributed by atoms with Gasteiger partial charge < -0.3 is 9.64 Å². The van der Waals surface area contributed by atoms with Crippen LogP contribution in [0.3, 0.4) is 0 Å². The summed E-state index contributed by atoms with van der Waals surface area (Å²) >= 11 is 0. The molecule has 1 aromatic rings. The van der Waals surface area contributed by atoms with Crippen LogP contribution in [0.25, 0.3) is 0 Å². The molecule has 1 unspecified atom stereocenters. The average molecular weight is 274 g/mol. The molecule has 0 aromatic heterocycles. The van der Waals surface area contributed by atoms with Crippen molar-refractivity contribution in [2.45, 2.75) is 19.1 Å². The van der Waals surface area contributed by atoms with Crippen LogP contribution < -0.4 is 0 Å². The van der Waals surface area contributed by atoms with Gasteiger partial charge in [0, 0.05) is 37.3 Å². The number of carbonyl (C=O) groups excluding carboxylic acids is 1. The Morgan fingerprint density at radius 1 is 1.15 bits per heavy atom. The number of ether oxygens (including phenoxy) is 1. The third-order valence-electron chi connectivity index (χ3n) is 4.53. The minimum atomic E-state index is -0.199. The summed E-state index contributed by atoms with van der Waals surface area (Å²) in [6, 6.07) is 9.83. The highest BCUT2D eigenvalue weighted by Gasteiger charge is 2.52. The molecule has 0 N–H and O–H groups in total. The van der Waals surface area contributed by atoms with Gasteiger partial charge >= 0.3 is 6.03 Å². The number of hydrogen-bond donors (Lipinski definition) is 0. The van der Waals surface area contributed by atoms with Gasteiger partial charge in [-0.15, -0.1) is 0 Å². The van der Waals surface area contributed by atoms with Gasteiger partial charge in [-0.2, -0.15) is 5.06 Å². The van der Waals surface area contributed by atoms with Gasteiger partial charge in [0.1, 0.15) is 0 Å². The topological polar surface area (TPSA) is 45.1 Å². The summed E-state index contributed by atoms with van der Waals surface area (Å²) in [7, 11) is 0. The van der Waals surface area contributed by atoms with E-state index < -0.39 is 0 Å². The maximum atomic E-state index is 12.3. The Morgan fingerprint density at radius 2 is 1.85 bits per heavy atom. The maximum absolute atomic E-state index is 12.3. The molecule has 0 aliphatic carbocycles. The van der Waals surface area contributed by atoms with Crippen molar-refractivity contribution in [3.8, 4) is 0 Å². The second kappa shape index (κ2) is 4.46. The molecule has 3 heterocycles. The van der Waals surface area contributed by atoms with E-state index in [-0.39, 0.29) is 12.3 Å². The quantitative estimate of drug-likeness (QED) is 0.737. The van der Waals surface area contributed by atoms with Gasteiger partial charge in [0.25, 0.3) is 0 Å². The fourth-order valence-corrected chi connectivity index (χ4v) is 3.20. The number of nitrogens with zero attached hydrogens (tertiary/aromatic N) is 2. The highest BCUT2D eigenvalue weighted by atomic mass is 16.8. The molecule has 1 aromatic carbocycles. The minimum absolute atomic E-state index is 0.00373. The van der Waals surface area contributed by atoms with E-state index in [9.17, 15) is 4.79 Å². The van der Waals surface area contributed by atoms with Gasteiger partial charge in [-0.05, 0) is 12.8 Å². The average Bonchev–Trinajstić information content (AvgIpc) is 3.26. The van der Waals surface area contributed by atoms with Crippen LogP contribution in [0.1, 0.15) is 24.6 Å². The van der Waals surface area contributed by atoms with Crippen LogP contribution in [0.2, 0.25) is 0 Å². The summed E-state index contributed by atoms with van der Waals surface area (Å²) in [5.41, 5.74) is 1.34. The van der Waals surface area contributed by atoms with Gasteiger partial charge in [-0.3, -0.25) is 0 Å². The minimum Gasteiger partial charge on any atom is -0.381 e. The van der Waals surface area contributed by atoms with Gasteiger partial charge in [0.15, 0.2) is 0 Å². The van der Waals surface area contributed by atoms with Crippen molar-refractivity contribution in [2.24, 2.45) is 5.41 Å². The van der Waals surface area contributed by atoms with Gasteiger partial charge in [-0.25, -0.2) is 9.63 Å². The summed E-state index contributed by atoms with van der Waals surface area (Å²) in [6.07, 6.45) is 1.94. The van der Waals surface area contributed by atoms with E-state index in [0.29, 0.717) is 5.41 Å². The van der Waals surface area contributed by atoms with E-state index in [1.165, 1.54) is 5.06 Å². The molecule has 3 aliphatic rings. The number of hydroxylamine groups is 2. The standard InChI is InChI=1S/C15H18N2O3/c18-14(16-10-15(11-16)6-8-19-9-7-15)17-13(20-17)12-4-2-1-3-5-12/h1-5,13H,6-11H2. The van der Waals surface area contributed by atoms with Crippen molar-refractivity contribution in [3.05, 3.63) is 35.9 Å². The molecular formula is C15H18N2O3. The molecule has 1 atom stereocenters. The van der Waals surface area contributed by atoms with Crippen molar-refractivity contribution in [1.82, 2.24) is 9.96 Å². The second-order valence-electron chi connectivity index (χ2n) is 5.95. The van der Waals surface area contributed by atoms with Crippen LogP contribution in [0.5, 0.6) is 0 Å². The van der Waals surface area contributed by atoms with Gasteiger partial charge in [-0.1, -0.05) is 30.3 Å². The SMILES string of the molecule is O=C(N1CC2(CCOCC2)C1)N1OC1c1ccccc1.